The van der Waals surface area contributed by atoms with E-state index < -0.39 is 12.0 Å². The fourth-order valence-corrected chi connectivity index (χ4v) is 1.36. The molecule has 0 atom stereocenters. The molecule has 92 valence electrons. The van der Waals surface area contributed by atoms with Gasteiger partial charge in [-0.3, -0.25) is 0 Å². The molecular weight excluding hydrogens is 226 g/mol. The maximum Gasteiger partial charge on any atom is 0.341 e. The van der Waals surface area contributed by atoms with Gasteiger partial charge in [0.15, 0.2) is 0 Å². The van der Waals surface area contributed by atoms with Crippen LogP contribution in [0.25, 0.3) is 0 Å². The van der Waals surface area contributed by atoms with E-state index in [0.29, 0.717) is 17.0 Å². The summed E-state index contributed by atoms with van der Waals surface area (Å²) >= 11 is 0. The second-order valence-electron chi connectivity index (χ2n) is 3.25. The number of rotatable bonds is 3. The number of hydrogen-bond donors (Lipinski definition) is 2. The SMILES string of the molecule is COC(=O)c1coc(C)c1/C(C)=N/NC(N)=O. The first kappa shape index (κ1) is 12.8. The standard InChI is InChI=1S/C10H13N3O4/c1-5(12-13-10(11)15)8-6(2)17-4-7(8)9(14)16-3/h4H,1-3H3,(H3,11,13,15)/b12-5+. The average molecular weight is 239 g/mol. The number of hydrogen-bond acceptors (Lipinski definition) is 5. The Morgan fingerprint density at radius 2 is 2.18 bits per heavy atom. The first-order chi connectivity index (χ1) is 7.97. The summed E-state index contributed by atoms with van der Waals surface area (Å²) in [5.74, 6) is -0.0385. The smallest absolute Gasteiger partial charge is 0.341 e. The van der Waals surface area contributed by atoms with Crippen molar-refractivity contribution in [3.8, 4) is 0 Å². The van der Waals surface area contributed by atoms with E-state index in [4.69, 9.17) is 10.2 Å². The minimum atomic E-state index is -0.787. The molecule has 1 rings (SSSR count). The number of amides is 2. The minimum absolute atomic E-state index is 0.248. The van der Waals surface area contributed by atoms with Gasteiger partial charge in [0.05, 0.1) is 18.4 Å². The lowest BCUT2D eigenvalue weighted by Crippen LogP contribution is -2.25. The number of nitrogens with zero attached hydrogens (tertiary/aromatic N) is 1. The van der Waals surface area contributed by atoms with E-state index in [1.807, 2.05) is 0 Å². The summed E-state index contributed by atoms with van der Waals surface area (Å²) in [6.45, 7) is 3.28. The van der Waals surface area contributed by atoms with Gasteiger partial charge < -0.3 is 14.9 Å². The summed E-state index contributed by atoms with van der Waals surface area (Å²) in [4.78, 5) is 22.0. The zero-order valence-corrected chi connectivity index (χ0v) is 9.73. The molecule has 0 radical (unpaired) electrons. The molecule has 0 spiro atoms. The number of hydrazone groups is 1. The molecule has 0 aliphatic carbocycles. The number of primary amides is 1. The van der Waals surface area contributed by atoms with Gasteiger partial charge in [-0.05, 0) is 13.8 Å². The van der Waals surface area contributed by atoms with Crippen molar-refractivity contribution in [2.75, 3.05) is 7.11 Å². The number of methoxy groups -OCH3 is 1. The summed E-state index contributed by atoms with van der Waals surface area (Å²) < 4.78 is 9.72. The first-order valence-corrected chi connectivity index (χ1v) is 4.74. The van der Waals surface area contributed by atoms with Crippen molar-refractivity contribution in [2.45, 2.75) is 13.8 Å². The van der Waals surface area contributed by atoms with Crippen LogP contribution in [-0.2, 0) is 4.74 Å². The van der Waals surface area contributed by atoms with Gasteiger partial charge in [-0.25, -0.2) is 15.0 Å². The Hall–Kier alpha value is -2.31. The molecule has 2 amide bonds. The number of urea groups is 1. The number of aryl methyl sites for hydroxylation is 1. The van der Waals surface area contributed by atoms with Crippen LogP contribution in [0.1, 0.15) is 28.6 Å². The van der Waals surface area contributed by atoms with Gasteiger partial charge in [-0.2, -0.15) is 5.10 Å². The van der Waals surface area contributed by atoms with Crippen molar-refractivity contribution in [3.05, 3.63) is 23.2 Å². The van der Waals surface area contributed by atoms with Gasteiger partial charge in [-0.15, -0.1) is 0 Å². The fraction of sp³-hybridized carbons (Fsp3) is 0.300. The maximum atomic E-state index is 11.4. The van der Waals surface area contributed by atoms with E-state index in [0.717, 1.165) is 0 Å². The molecule has 0 aromatic carbocycles. The first-order valence-electron chi connectivity index (χ1n) is 4.74. The van der Waals surface area contributed by atoms with E-state index >= 15 is 0 Å². The maximum absolute atomic E-state index is 11.4. The quantitative estimate of drug-likeness (QED) is 0.461. The number of carbonyl (C=O) groups is 2. The van der Waals surface area contributed by atoms with Gasteiger partial charge in [-0.1, -0.05) is 0 Å². The number of esters is 1. The number of nitrogens with two attached hydrogens (primary N) is 1. The molecule has 3 N–H and O–H groups in total. The van der Waals surface area contributed by atoms with E-state index in [2.05, 4.69) is 15.3 Å². The Balaban J connectivity index is 3.12. The molecule has 0 saturated heterocycles. The van der Waals surface area contributed by atoms with Crippen molar-refractivity contribution in [3.63, 3.8) is 0 Å². The topological polar surface area (TPSA) is 107 Å². The van der Waals surface area contributed by atoms with E-state index in [1.165, 1.54) is 13.4 Å². The number of nitrogens with one attached hydrogen (secondary N) is 1. The largest absolute Gasteiger partial charge is 0.468 e. The monoisotopic (exact) mass is 239 g/mol. The van der Waals surface area contributed by atoms with Crippen LogP contribution >= 0.6 is 0 Å². The van der Waals surface area contributed by atoms with Gasteiger partial charge in [0, 0.05) is 0 Å². The molecule has 7 heteroatoms. The molecule has 17 heavy (non-hydrogen) atoms. The van der Waals surface area contributed by atoms with Crippen LogP contribution in [0.4, 0.5) is 4.79 Å². The Bertz CT molecular complexity index is 476. The van der Waals surface area contributed by atoms with Crippen LogP contribution in [0.3, 0.4) is 0 Å². The van der Waals surface area contributed by atoms with E-state index in [1.54, 1.807) is 13.8 Å². The summed E-state index contributed by atoms with van der Waals surface area (Å²) in [6, 6.07) is -0.787. The van der Waals surface area contributed by atoms with Crippen molar-refractivity contribution < 1.29 is 18.7 Å². The Morgan fingerprint density at radius 1 is 1.53 bits per heavy atom. The molecule has 7 nitrogen and oxygen atoms in total. The third kappa shape index (κ3) is 2.83. The second-order valence-corrected chi connectivity index (χ2v) is 3.25. The van der Waals surface area contributed by atoms with Crippen LogP contribution in [0.5, 0.6) is 0 Å². The number of carbonyl (C=O) groups excluding carboxylic acids is 2. The normalized spacial score (nSPS) is 11.1. The Labute approximate surface area is 97.6 Å². The van der Waals surface area contributed by atoms with Gasteiger partial charge in [0.2, 0.25) is 0 Å². The van der Waals surface area contributed by atoms with Gasteiger partial charge in [0.1, 0.15) is 17.6 Å². The third-order valence-corrected chi connectivity index (χ3v) is 2.08. The number of furan rings is 1. The molecule has 0 unspecified atom stereocenters. The highest BCUT2D eigenvalue weighted by atomic mass is 16.5. The molecule has 1 heterocycles. The predicted molar refractivity (Wildman–Crippen MR) is 59.7 cm³/mol. The van der Waals surface area contributed by atoms with Crippen molar-refractivity contribution in [2.24, 2.45) is 10.8 Å². The summed E-state index contributed by atoms with van der Waals surface area (Å²) in [7, 11) is 1.27. The molecule has 0 aliphatic heterocycles. The predicted octanol–water partition coefficient (Wildman–Crippen LogP) is 0.767. The molecule has 0 aliphatic rings. The van der Waals surface area contributed by atoms with Crippen LogP contribution in [-0.4, -0.2) is 24.8 Å². The highest BCUT2D eigenvalue weighted by Crippen LogP contribution is 2.18. The van der Waals surface area contributed by atoms with Gasteiger partial charge in [0.25, 0.3) is 0 Å². The third-order valence-electron chi connectivity index (χ3n) is 2.08. The summed E-state index contributed by atoms with van der Waals surface area (Å²) in [6.07, 6.45) is 1.28. The van der Waals surface area contributed by atoms with Crippen molar-refractivity contribution in [1.82, 2.24) is 5.43 Å². The highest BCUT2D eigenvalue weighted by Gasteiger charge is 2.20. The van der Waals surface area contributed by atoms with Crippen LogP contribution < -0.4 is 11.2 Å². The lowest BCUT2D eigenvalue weighted by atomic mass is 10.1. The van der Waals surface area contributed by atoms with Gasteiger partial charge >= 0.3 is 12.0 Å². The zero-order valence-electron chi connectivity index (χ0n) is 9.73. The second kappa shape index (κ2) is 5.15. The van der Waals surface area contributed by atoms with E-state index in [9.17, 15) is 9.59 Å². The van der Waals surface area contributed by atoms with Crippen LogP contribution in [0.2, 0.25) is 0 Å². The lowest BCUT2D eigenvalue weighted by Gasteiger charge is -2.02. The summed E-state index contributed by atoms with van der Waals surface area (Å²) in [5.41, 5.74) is 8.09. The zero-order chi connectivity index (χ0) is 13.0. The Morgan fingerprint density at radius 3 is 2.71 bits per heavy atom. The van der Waals surface area contributed by atoms with Crippen molar-refractivity contribution in [1.29, 1.82) is 0 Å². The molecule has 0 saturated carbocycles. The van der Waals surface area contributed by atoms with Crippen LogP contribution in [0.15, 0.2) is 15.8 Å². The fourth-order valence-electron chi connectivity index (χ4n) is 1.36. The minimum Gasteiger partial charge on any atom is -0.468 e. The van der Waals surface area contributed by atoms with Crippen molar-refractivity contribution >= 4 is 17.7 Å². The lowest BCUT2D eigenvalue weighted by molar-refractivity contribution is 0.0599. The molecule has 1 aromatic heterocycles. The summed E-state index contributed by atoms with van der Waals surface area (Å²) in [5, 5.41) is 3.73. The molecule has 1 aromatic rings. The molecule has 0 bridgehead atoms. The highest BCUT2D eigenvalue weighted by molar-refractivity contribution is 6.08. The Kier molecular flexibility index (Phi) is 3.86. The average Bonchev–Trinajstić information content (AvgIpc) is 2.67. The van der Waals surface area contributed by atoms with Crippen LogP contribution in [0, 0.1) is 6.92 Å². The molecular formula is C10H13N3O4. The molecule has 0 fully saturated rings. The number of ether oxygens (including phenoxy) is 1. The van der Waals surface area contributed by atoms with E-state index in [-0.39, 0.29) is 5.56 Å².